The van der Waals surface area contributed by atoms with Crippen molar-refractivity contribution in [2.24, 2.45) is 16.8 Å². The molecule has 1 aromatic heterocycles. The third kappa shape index (κ3) is 7.58. The zero-order chi connectivity index (χ0) is 21.4. The molecule has 3 aromatic rings. The predicted molar refractivity (Wildman–Crippen MR) is 136 cm³/mol. The van der Waals surface area contributed by atoms with Gasteiger partial charge < -0.3 is 4.57 Å². The lowest BCUT2D eigenvalue weighted by atomic mass is 10.2. The molecule has 4 rings (SSSR count). The van der Waals surface area contributed by atoms with E-state index in [-0.39, 0.29) is 0 Å². The monoisotopic (exact) mass is 543 g/mol. The lowest BCUT2D eigenvalue weighted by Gasteiger charge is -2.07. The number of rotatable bonds is 3. The van der Waals surface area contributed by atoms with Gasteiger partial charge in [-0.25, -0.2) is 9.98 Å². The van der Waals surface area contributed by atoms with E-state index in [1.54, 1.807) is 0 Å². The summed E-state index contributed by atoms with van der Waals surface area (Å²) in [5.74, 6) is 1.45. The molecule has 1 aliphatic heterocycles. The van der Waals surface area contributed by atoms with Gasteiger partial charge in [-0.1, -0.05) is 92.2 Å². The van der Waals surface area contributed by atoms with E-state index in [0.29, 0.717) is 16.4 Å². The highest BCUT2D eigenvalue weighted by Crippen LogP contribution is 2.26. The fraction of sp³-hybridized carbons (Fsp3) is 0.391. The molecule has 0 saturated carbocycles. The Morgan fingerprint density at radius 3 is 2.21 bits per heavy atom. The second-order valence-corrected chi connectivity index (χ2v) is 9.37. The molecule has 2 heterocycles. The molecule has 0 amide bonds. The maximum Gasteiger partial charge on any atom is 0.203 e. The van der Waals surface area contributed by atoms with Crippen molar-refractivity contribution in [3.05, 3.63) is 59.4 Å². The SMILES string of the molecule is CC(C)CI.CC(C)Cn1c(Cl)nc2ccccc21.ClC1=Nc2ccccc2C1. The number of benzene rings is 2. The molecule has 0 bridgehead atoms. The number of halogens is 3. The Morgan fingerprint density at radius 2 is 1.59 bits per heavy atom. The highest BCUT2D eigenvalue weighted by atomic mass is 127. The van der Waals surface area contributed by atoms with Crippen molar-refractivity contribution in [2.45, 2.75) is 40.7 Å². The Labute approximate surface area is 197 Å². The van der Waals surface area contributed by atoms with Crippen LogP contribution in [-0.4, -0.2) is 19.1 Å². The molecule has 0 unspecified atom stereocenters. The zero-order valence-corrected chi connectivity index (χ0v) is 21.0. The van der Waals surface area contributed by atoms with Gasteiger partial charge in [0, 0.05) is 17.4 Å². The van der Waals surface area contributed by atoms with Crippen molar-refractivity contribution >= 4 is 67.7 Å². The Kier molecular flexibility index (Phi) is 9.93. The lowest BCUT2D eigenvalue weighted by Crippen LogP contribution is -2.03. The first-order chi connectivity index (χ1) is 13.8. The summed E-state index contributed by atoms with van der Waals surface area (Å²) in [5.41, 5.74) is 4.34. The first-order valence-electron chi connectivity index (χ1n) is 9.79. The van der Waals surface area contributed by atoms with Crippen LogP contribution < -0.4 is 0 Å². The molecular formula is C23H28Cl2IN3. The third-order valence-electron chi connectivity index (χ3n) is 4.03. The molecule has 0 aliphatic carbocycles. The van der Waals surface area contributed by atoms with E-state index in [2.05, 4.69) is 70.9 Å². The number of hydrogen-bond acceptors (Lipinski definition) is 2. The average Bonchev–Trinajstić information content (AvgIpc) is 3.21. The number of para-hydroxylation sites is 3. The van der Waals surface area contributed by atoms with Crippen LogP contribution in [0.3, 0.4) is 0 Å². The van der Waals surface area contributed by atoms with Crippen molar-refractivity contribution in [1.29, 1.82) is 0 Å². The maximum absolute atomic E-state index is 6.06. The Balaban J connectivity index is 0.000000175. The highest BCUT2D eigenvalue weighted by molar-refractivity contribution is 14.1. The maximum atomic E-state index is 6.06. The molecular weight excluding hydrogens is 516 g/mol. The van der Waals surface area contributed by atoms with Crippen LogP contribution in [0, 0.1) is 11.8 Å². The second kappa shape index (κ2) is 11.9. The van der Waals surface area contributed by atoms with Crippen LogP contribution >= 0.6 is 45.8 Å². The zero-order valence-electron chi connectivity index (χ0n) is 17.4. The summed E-state index contributed by atoms with van der Waals surface area (Å²) in [6.45, 7) is 9.69. The molecule has 156 valence electrons. The van der Waals surface area contributed by atoms with Gasteiger partial charge in [-0.2, -0.15) is 0 Å². The molecule has 6 heteroatoms. The third-order valence-corrected chi connectivity index (χ3v) is 6.30. The van der Waals surface area contributed by atoms with Gasteiger partial charge in [0.05, 0.1) is 16.7 Å². The van der Waals surface area contributed by atoms with Crippen molar-refractivity contribution in [3.63, 3.8) is 0 Å². The summed E-state index contributed by atoms with van der Waals surface area (Å²) in [7, 11) is 0. The van der Waals surface area contributed by atoms with Gasteiger partial charge in [0.2, 0.25) is 5.28 Å². The molecule has 0 atom stereocenters. The molecule has 0 saturated heterocycles. The van der Waals surface area contributed by atoms with Crippen LogP contribution in [0.2, 0.25) is 5.28 Å². The summed E-state index contributed by atoms with van der Waals surface area (Å²) in [4.78, 5) is 8.43. The van der Waals surface area contributed by atoms with Gasteiger partial charge in [0.1, 0.15) is 5.17 Å². The minimum Gasteiger partial charge on any atom is -0.314 e. The van der Waals surface area contributed by atoms with Gasteiger partial charge in [-0.05, 0) is 47.2 Å². The fourth-order valence-electron chi connectivity index (χ4n) is 2.68. The van der Waals surface area contributed by atoms with E-state index >= 15 is 0 Å². The summed E-state index contributed by atoms with van der Waals surface area (Å²) in [6, 6.07) is 16.0. The van der Waals surface area contributed by atoms with E-state index in [0.717, 1.165) is 35.6 Å². The quantitative estimate of drug-likeness (QED) is 0.243. The van der Waals surface area contributed by atoms with Crippen molar-refractivity contribution in [1.82, 2.24) is 9.55 Å². The van der Waals surface area contributed by atoms with Gasteiger partial charge >= 0.3 is 0 Å². The molecule has 2 aromatic carbocycles. The largest absolute Gasteiger partial charge is 0.314 e. The van der Waals surface area contributed by atoms with Crippen LogP contribution in [0.5, 0.6) is 0 Å². The smallest absolute Gasteiger partial charge is 0.203 e. The summed E-state index contributed by atoms with van der Waals surface area (Å²) >= 11 is 14.2. The van der Waals surface area contributed by atoms with Crippen LogP contribution in [-0.2, 0) is 13.0 Å². The van der Waals surface area contributed by atoms with Crippen LogP contribution in [0.15, 0.2) is 53.5 Å². The van der Waals surface area contributed by atoms with Crippen molar-refractivity contribution < 1.29 is 0 Å². The molecule has 0 spiro atoms. The van der Waals surface area contributed by atoms with E-state index in [4.69, 9.17) is 23.2 Å². The van der Waals surface area contributed by atoms with Gasteiger partial charge in [0.15, 0.2) is 0 Å². The number of fused-ring (bicyclic) bond motifs is 2. The van der Waals surface area contributed by atoms with E-state index in [1.807, 2.05) is 42.5 Å². The normalized spacial score (nSPS) is 12.2. The number of hydrogen-bond donors (Lipinski definition) is 0. The van der Waals surface area contributed by atoms with Crippen molar-refractivity contribution in [2.75, 3.05) is 4.43 Å². The lowest BCUT2D eigenvalue weighted by molar-refractivity contribution is 0.533. The minimum absolute atomic E-state index is 0.574. The fourth-order valence-corrected chi connectivity index (χ4v) is 3.17. The molecule has 0 N–H and O–H groups in total. The molecule has 3 nitrogen and oxygen atoms in total. The van der Waals surface area contributed by atoms with E-state index in [9.17, 15) is 0 Å². The van der Waals surface area contributed by atoms with E-state index in [1.165, 1.54) is 9.99 Å². The summed E-state index contributed by atoms with van der Waals surface area (Å²) in [6.07, 6.45) is 0.803. The number of aromatic nitrogens is 2. The van der Waals surface area contributed by atoms with Crippen molar-refractivity contribution in [3.8, 4) is 0 Å². The molecule has 0 radical (unpaired) electrons. The Morgan fingerprint density at radius 1 is 0.966 bits per heavy atom. The highest BCUT2D eigenvalue weighted by Gasteiger charge is 2.10. The van der Waals surface area contributed by atoms with Crippen LogP contribution in [0.1, 0.15) is 33.3 Å². The van der Waals surface area contributed by atoms with Gasteiger partial charge in [-0.15, -0.1) is 0 Å². The second-order valence-electron chi connectivity index (χ2n) is 7.72. The standard InChI is InChI=1S/C11H13ClN2.C8H6ClN.C4H9I/c1-8(2)7-14-10-6-4-3-5-9(10)13-11(14)12;9-8-5-6-3-1-2-4-7(6)10-8;1-4(2)3-5/h3-6,8H,7H2,1-2H3;1-4H,5H2;4H,3H2,1-2H3. The Hall–Kier alpha value is -1.11. The van der Waals surface area contributed by atoms with Crippen LogP contribution in [0.25, 0.3) is 11.0 Å². The van der Waals surface area contributed by atoms with E-state index < -0.39 is 0 Å². The number of nitrogens with zero attached hydrogens (tertiary/aromatic N) is 3. The number of aliphatic imine (C=N–C) groups is 1. The Bertz CT molecular complexity index is 948. The first-order valence-corrected chi connectivity index (χ1v) is 12.1. The predicted octanol–water partition coefficient (Wildman–Crippen LogP) is 7.93. The first kappa shape index (κ1) is 24.2. The summed E-state index contributed by atoms with van der Waals surface area (Å²) < 4.78 is 3.33. The van der Waals surface area contributed by atoms with Crippen LogP contribution in [0.4, 0.5) is 5.69 Å². The molecule has 29 heavy (non-hydrogen) atoms. The molecule has 1 aliphatic rings. The topological polar surface area (TPSA) is 30.2 Å². The average molecular weight is 544 g/mol. The van der Waals surface area contributed by atoms with Gasteiger partial charge in [-0.3, -0.25) is 0 Å². The van der Waals surface area contributed by atoms with Gasteiger partial charge in [0.25, 0.3) is 0 Å². The number of alkyl halides is 1. The molecule has 0 fully saturated rings. The number of imidazole rings is 1. The summed E-state index contributed by atoms with van der Waals surface area (Å²) in [5, 5.41) is 1.28. The minimum atomic E-state index is 0.574.